The van der Waals surface area contributed by atoms with Gasteiger partial charge in [-0.25, -0.2) is 9.78 Å². The molecule has 0 aliphatic rings. The van der Waals surface area contributed by atoms with E-state index in [0.717, 1.165) is 18.0 Å². The van der Waals surface area contributed by atoms with Crippen LogP contribution in [0.5, 0.6) is 0 Å². The topological polar surface area (TPSA) is 75.4 Å². The summed E-state index contributed by atoms with van der Waals surface area (Å²) in [4.78, 5) is 15.6. The van der Waals surface area contributed by atoms with Crippen molar-refractivity contribution in [2.24, 2.45) is 0 Å². The zero-order valence-electron chi connectivity index (χ0n) is 11.2. The molecular formula is C16H14N2O3. The number of carboxylic acids is 1. The first-order valence-corrected chi connectivity index (χ1v) is 6.63. The number of aromatic carboxylic acids is 1. The third-order valence-electron chi connectivity index (χ3n) is 3.22. The first-order chi connectivity index (χ1) is 10.2. The van der Waals surface area contributed by atoms with Crippen LogP contribution in [0.1, 0.15) is 16.1 Å². The number of carboxylic acid groups (broad SMARTS) is 1. The Morgan fingerprint density at radius 3 is 2.86 bits per heavy atom. The van der Waals surface area contributed by atoms with Gasteiger partial charge in [0.25, 0.3) is 0 Å². The van der Waals surface area contributed by atoms with Crippen LogP contribution >= 0.6 is 0 Å². The Bertz CT molecular complexity index is 766. The lowest BCUT2D eigenvalue weighted by Crippen LogP contribution is -2.06. The molecule has 1 aromatic carbocycles. The number of hydrogen-bond donors (Lipinski definition) is 2. The molecular weight excluding hydrogens is 268 g/mol. The van der Waals surface area contributed by atoms with Crippen molar-refractivity contribution in [3.63, 3.8) is 0 Å². The lowest BCUT2D eigenvalue weighted by atomic mass is 10.1. The fourth-order valence-corrected chi connectivity index (χ4v) is 2.21. The van der Waals surface area contributed by atoms with Crippen molar-refractivity contribution in [1.82, 2.24) is 4.98 Å². The standard InChI is InChI=1S/C16H14N2O3/c19-16(20)13-4-1-5-14-12(13)6-7-15(18-14)17-9-8-11-3-2-10-21-11/h1-7,10H,8-9H2,(H,17,18)(H,19,20). The van der Waals surface area contributed by atoms with E-state index in [-0.39, 0.29) is 5.56 Å². The smallest absolute Gasteiger partial charge is 0.336 e. The Morgan fingerprint density at radius 1 is 1.19 bits per heavy atom. The van der Waals surface area contributed by atoms with Crippen molar-refractivity contribution >= 4 is 22.7 Å². The van der Waals surface area contributed by atoms with Crippen LogP contribution < -0.4 is 5.32 Å². The van der Waals surface area contributed by atoms with Crippen molar-refractivity contribution in [3.05, 3.63) is 60.1 Å². The number of nitrogens with one attached hydrogen (secondary N) is 1. The van der Waals surface area contributed by atoms with E-state index in [9.17, 15) is 4.79 Å². The number of anilines is 1. The highest BCUT2D eigenvalue weighted by Crippen LogP contribution is 2.19. The van der Waals surface area contributed by atoms with Gasteiger partial charge in [-0.3, -0.25) is 0 Å². The predicted octanol–water partition coefficient (Wildman–Crippen LogP) is 3.18. The Morgan fingerprint density at radius 2 is 2.10 bits per heavy atom. The van der Waals surface area contributed by atoms with Gasteiger partial charge < -0.3 is 14.8 Å². The molecule has 3 aromatic rings. The van der Waals surface area contributed by atoms with Crippen LogP contribution in [0.3, 0.4) is 0 Å². The summed E-state index contributed by atoms with van der Waals surface area (Å²) in [6, 6.07) is 12.4. The average molecular weight is 282 g/mol. The van der Waals surface area contributed by atoms with E-state index >= 15 is 0 Å². The molecule has 0 amide bonds. The van der Waals surface area contributed by atoms with Gasteiger partial charge in [-0.1, -0.05) is 6.07 Å². The van der Waals surface area contributed by atoms with E-state index in [1.165, 1.54) is 0 Å². The molecule has 21 heavy (non-hydrogen) atoms. The number of aromatic nitrogens is 1. The Labute approximate surface area is 121 Å². The van der Waals surface area contributed by atoms with E-state index in [1.54, 1.807) is 36.6 Å². The van der Waals surface area contributed by atoms with E-state index in [0.29, 0.717) is 17.4 Å². The van der Waals surface area contributed by atoms with E-state index in [4.69, 9.17) is 9.52 Å². The molecule has 0 aliphatic heterocycles. The van der Waals surface area contributed by atoms with Crippen LogP contribution in [0.2, 0.25) is 0 Å². The van der Waals surface area contributed by atoms with Gasteiger partial charge in [-0.2, -0.15) is 0 Å². The lowest BCUT2D eigenvalue weighted by Gasteiger charge is -2.07. The first kappa shape index (κ1) is 13.2. The highest BCUT2D eigenvalue weighted by molar-refractivity contribution is 6.02. The third-order valence-corrected chi connectivity index (χ3v) is 3.22. The number of nitrogens with zero attached hydrogens (tertiary/aromatic N) is 1. The third kappa shape index (κ3) is 2.86. The van der Waals surface area contributed by atoms with E-state index in [1.807, 2.05) is 12.1 Å². The Hall–Kier alpha value is -2.82. The van der Waals surface area contributed by atoms with E-state index < -0.39 is 5.97 Å². The zero-order chi connectivity index (χ0) is 14.7. The molecule has 3 rings (SSSR count). The van der Waals surface area contributed by atoms with Crippen LogP contribution in [-0.2, 0) is 6.42 Å². The number of benzene rings is 1. The van der Waals surface area contributed by atoms with E-state index in [2.05, 4.69) is 10.3 Å². The van der Waals surface area contributed by atoms with Gasteiger partial charge in [0.2, 0.25) is 0 Å². The molecule has 0 bridgehead atoms. The normalized spacial score (nSPS) is 10.7. The van der Waals surface area contributed by atoms with Crippen molar-refractivity contribution in [2.75, 3.05) is 11.9 Å². The second-order valence-electron chi connectivity index (χ2n) is 4.63. The van der Waals surface area contributed by atoms with Crippen LogP contribution in [0, 0.1) is 0 Å². The van der Waals surface area contributed by atoms with Gasteiger partial charge in [-0.15, -0.1) is 0 Å². The van der Waals surface area contributed by atoms with Gasteiger partial charge in [0.05, 0.1) is 17.3 Å². The summed E-state index contributed by atoms with van der Waals surface area (Å²) in [5.74, 6) is 0.689. The van der Waals surface area contributed by atoms with Crippen LogP contribution in [-0.4, -0.2) is 22.6 Å². The van der Waals surface area contributed by atoms with Crippen molar-refractivity contribution in [1.29, 1.82) is 0 Å². The number of carbonyl (C=O) groups is 1. The maximum atomic E-state index is 11.1. The summed E-state index contributed by atoms with van der Waals surface area (Å²) < 4.78 is 5.26. The quantitative estimate of drug-likeness (QED) is 0.751. The van der Waals surface area contributed by atoms with Crippen LogP contribution in [0.25, 0.3) is 10.9 Å². The highest BCUT2D eigenvalue weighted by Gasteiger charge is 2.08. The summed E-state index contributed by atoms with van der Waals surface area (Å²) in [5.41, 5.74) is 0.931. The van der Waals surface area contributed by atoms with Gasteiger partial charge in [0.15, 0.2) is 0 Å². The molecule has 106 valence electrons. The van der Waals surface area contributed by atoms with Gasteiger partial charge in [0.1, 0.15) is 11.6 Å². The summed E-state index contributed by atoms with van der Waals surface area (Å²) in [6.45, 7) is 0.699. The molecule has 0 radical (unpaired) electrons. The summed E-state index contributed by atoms with van der Waals surface area (Å²) in [7, 11) is 0. The van der Waals surface area contributed by atoms with Crippen molar-refractivity contribution in [2.45, 2.75) is 6.42 Å². The monoisotopic (exact) mass is 282 g/mol. The van der Waals surface area contributed by atoms with Crippen LogP contribution in [0.15, 0.2) is 53.1 Å². The van der Waals surface area contributed by atoms with Crippen LogP contribution in [0.4, 0.5) is 5.82 Å². The fraction of sp³-hybridized carbons (Fsp3) is 0.125. The summed E-state index contributed by atoms with van der Waals surface area (Å²) in [6.07, 6.45) is 2.42. The predicted molar refractivity (Wildman–Crippen MR) is 79.6 cm³/mol. The largest absolute Gasteiger partial charge is 0.478 e. The number of pyridine rings is 1. The molecule has 2 aromatic heterocycles. The van der Waals surface area contributed by atoms with Gasteiger partial charge in [0, 0.05) is 18.4 Å². The molecule has 5 heteroatoms. The number of hydrogen-bond acceptors (Lipinski definition) is 4. The summed E-state index contributed by atoms with van der Waals surface area (Å²) in [5, 5.41) is 13.0. The van der Waals surface area contributed by atoms with Crippen molar-refractivity contribution in [3.8, 4) is 0 Å². The number of furan rings is 1. The molecule has 2 N–H and O–H groups in total. The maximum absolute atomic E-state index is 11.1. The first-order valence-electron chi connectivity index (χ1n) is 6.63. The number of fused-ring (bicyclic) bond motifs is 1. The molecule has 2 heterocycles. The minimum Gasteiger partial charge on any atom is -0.478 e. The molecule has 0 saturated heterocycles. The lowest BCUT2D eigenvalue weighted by molar-refractivity contribution is 0.0699. The minimum atomic E-state index is -0.944. The Kier molecular flexibility index (Phi) is 3.55. The van der Waals surface area contributed by atoms with Crippen molar-refractivity contribution < 1.29 is 14.3 Å². The minimum absolute atomic E-state index is 0.266. The second kappa shape index (κ2) is 5.66. The number of rotatable bonds is 5. The SMILES string of the molecule is O=C(O)c1cccc2nc(NCCc3ccco3)ccc12. The zero-order valence-corrected chi connectivity index (χ0v) is 11.2. The van der Waals surface area contributed by atoms with Gasteiger partial charge >= 0.3 is 5.97 Å². The molecule has 0 spiro atoms. The maximum Gasteiger partial charge on any atom is 0.336 e. The Balaban J connectivity index is 1.76. The van der Waals surface area contributed by atoms with Gasteiger partial charge in [-0.05, 0) is 36.4 Å². The highest BCUT2D eigenvalue weighted by atomic mass is 16.4. The second-order valence-corrected chi connectivity index (χ2v) is 4.63. The molecule has 0 saturated carbocycles. The molecule has 0 fully saturated rings. The molecule has 0 aliphatic carbocycles. The molecule has 0 unspecified atom stereocenters. The molecule has 0 atom stereocenters. The molecule has 5 nitrogen and oxygen atoms in total. The summed E-state index contributed by atoms with van der Waals surface area (Å²) >= 11 is 0. The average Bonchev–Trinajstić information content (AvgIpc) is 2.99. The fourth-order valence-electron chi connectivity index (χ4n) is 2.21.